The summed E-state index contributed by atoms with van der Waals surface area (Å²) < 4.78 is 5.73. The second-order valence-corrected chi connectivity index (χ2v) is 6.39. The van der Waals surface area contributed by atoms with Crippen LogP contribution in [0.1, 0.15) is 43.5 Å². The van der Waals surface area contributed by atoms with Crippen LogP contribution in [0.3, 0.4) is 0 Å². The molecule has 120 valence electrons. The van der Waals surface area contributed by atoms with Gasteiger partial charge in [-0.2, -0.15) is 0 Å². The molecule has 0 radical (unpaired) electrons. The van der Waals surface area contributed by atoms with Crippen LogP contribution in [-0.2, 0) is 4.74 Å². The van der Waals surface area contributed by atoms with Crippen molar-refractivity contribution < 1.29 is 9.53 Å². The van der Waals surface area contributed by atoms with Gasteiger partial charge in [-0.15, -0.1) is 0 Å². The number of carbonyl (C=O) groups excluding carboxylic acids is 1. The standard InChI is InChI=1S/C17H25N3O2/c1-13-11-20(12-14(2)22-13)17(21)15-7-6-8-18-16(15)19-9-4-3-5-10-19/h6-8,13-14H,3-5,9-12H2,1-2H3. The molecule has 0 saturated carbocycles. The SMILES string of the molecule is CC1CN(C(=O)c2cccnc2N2CCCCC2)CC(C)O1. The van der Waals surface area contributed by atoms with Crippen molar-refractivity contribution >= 4 is 11.7 Å². The summed E-state index contributed by atoms with van der Waals surface area (Å²) in [4.78, 5) is 21.6. The lowest BCUT2D eigenvalue weighted by Gasteiger charge is -2.36. The molecule has 3 rings (SSSR count). The number of rotatable bonds is 2. The monoisotopic (exact) mass is 303 g/mol. The zero-order valence-corrected chi connectivity index (χ0v) is 13.5. The highest BCUT2D eigenvalue weighted by atomic mass is 16.5. The quantitative estimate of drug-likeness (QED) is 0.841. The highest BCUT2D eigenvalue weighted by Gasteiger charge is 2.29. The third-order valence-corrected chi connectivity index (χ3v) is 4.38. The number of nitrogens with zero attached hydrogens (tertiary/aromatic N) is 3. The van der Waals surface area contributed by atoms with E-state index in [1.165, 1.54) is 19.3 Å². The summed E-state index contributed by atoms with van der Waals surface area (Å²) in [6.45, 7) is 7.32. The molecule has 0 N–H and O–H groups in total. The Bertz CT molecular complexity index is 518. The number of morpholine rings is 1. The Hall–Kier alpha value is -1.62. The van der Waals surface area contributed by atoms with Crippen molar-refractivity contribution in [2.45, 2.75) is 45.3 Å². The maximum Gasteiger partial charge on any atom is 0.257 e. The highest BCUT2D eigenvalue weighted by molar-refractivity contribution is 5.99. The van der Waals surface area contributed by atoms with Gasteiger partial charge in [0.05, 0.1) is 17.8 Å². The number of amides is 1. The van der Waals surface area contributed by atoms with Crippen LogP contribution < -0.4 is 4.90 Å². The first-order valence-corrected chi connectivity index (χ1v) is 8.30. The van der Waals surface area contributed by atoms with Crippen molar-refractivity contribution in [2.75, 3.05) is 31.1 Å². The Morgan fingerprint density at radius 3 is 2.55 bits per heavy atom. The zero-order chi connectivity index (χ0) is 15.5. The van der Waals surface area contributed by atoms with E-state index >= 15 is 0 Å². The Morgan fingerprint density at radius 2 is 1.86 bits per heavy atom. The molecular formula is C17H25N3O2. The number of carbonyl (C=O) groups is 1. The molecule has 5 nitrogen and oxygen atoms in total. The summed E-state index contributed by atoms with van der Waals surface area (Å²) in [7, 11) is 0. The van der Waals surface area contributed by atoms with Crippen molar-refractivity contribution in [1.29, 1.82) is 0 Å². The molecule has 1 aromatic heterocycles. The average molecular weight is 303 g/mol. The fourth-order valence-corrected chi connectivity index (χ4v) is 3.44. The van der Waals surface area contributed by atoms with Crippen LogP contribution in [0, 0.1) is 0 Å². The highest BCUT2D eigenvalue weighted by Crippen LogP contribution is 2.24. The molecule has 0 spiro atoms. The van der Waals surface area contributed by atoms with Gasteiger partial charge in [-0.3, -0.25) is 4.79 Å². The van der Waals surface area contributed by atoms with Gasteiger partial charge in [0.25, 0.3) is 5.91 Å². The molecule has 2 atom stereocenters. The van der Waals surface area contributed by atoms with Crippen LogP contribution in [0.15, 0.2) is 18.3 Å². The van der Waals surface area contributed by atoms with E-state index in [0.717, 1.165) is 24.5 Å². The molecule has 2 saturated heterocycles. The molecule has 0 aromatic carbocycles. The van der Waals surface area contributed by atoms with E-state index in [9.17, 15) is 4.79 Å². The fraction of sp³-hybridized carbons (Fsp3) is 0.647. The van der Waals surface area contributed by atoms with E-state index in [-0.39, 0.29) is 18.1 Å². The van der Waals surface area contributed by atoms with Gasteiger partial charge in [-0.1, -0.05) is 0 Å². The van der Waals surface area contributed by atoms with Crippen LogP contribution >= 0.6 is 0 Å². The van der Waals surface area contributed by atoms with Crippen LogP contribution in [-0.4, -0.2) is 54.2 Å². The summed E-state index contributed by atoms with van der Waals surface area (Å²) in [6.07, 6.45) is 5.58. The molecule has 2 aliphatic rings. The molecule has 3 heterocycles. The first-order chi connectivity index (χ1) is 10.6. The summed E-state index contributed by atoms with van der Waals surface area (Å²) >= 11 is 0. The zero-order valence-electron chi connectivity index (χ0n) is 13.5. The van der Waals surface area contributed by atoms with Crippen LogP contribution in [0.4, 0.5) is 5.82 Å². The minimum absolute atomic E-state index is 0.0793. The van der Waals surface area contributed by atoms with Crippen molar-refractivity contribution in [2.24, 2.45) is 0 Å². The predicted octanol–water partition coefficient (Wildman–Crippen LogP) is 2.32. The van der Waals surface area contributed by atoms with Crippen LogP contribution in [0.25, 0.3) is 0 Å². The maximum absolute atomic E-state index is 13.0. The smallest absolute Gasteiger partial charge is 0.257 e. The largest absolute Gasteiger partial charge is 0.372 e. The molecule has 2 fully saturated rings. The van der Waals surface area contributed by atoms with Gasteiger partial charge in [0.2, 0.25) is 0 Å². The number of hydrogen-bond donors (Lipinski definition) is 0. The number of aromatic nitrogens is 1. The Balaban J connectivity index is 1.82. The van der Waals surface area contributed by atoms with E-state index in [1.807, 2.05) is 30.9 Å². The number of pyridine rings is 1. The van der Waals surface area contributed by atoms with Gasteiger partial charge < -0.3 is 14.5 Å². The molecule has 22 heavy (non-hydrogen) atoms. The molecule has 1 amide bonds. The lowest BCUT2D eigenvalue weighted by Crippen LogP contribution is -2.48. The second kappa shape index (κ2) is 6.65. The first kappa shape index (κ1) is 15.3. The third kappa shape index (κ3) is 3.24. The summed E-state index contributed by atoms with van der Waals surface area (Å²) in [6, 6.07) is 3.76. The lowest BCUT2D eigenvalue weighted by atomic mass is 10.1. The number of hydrogen-bond acceptors (Lipinski definition) is 4. The van der Waals surface area contributed by atoms with Crippen molar-refractivity contribution in [1.82, 2.24) is 9.88 Å². The molecule has 2 unspecified atom stereocenters. The van der Waals surface area contributed by atoms with E-state index in [0.29, 0.717) is 13.1 Å². The summed E-state index contributed by atoms with van der Waals surface area (Å²) in [5, 5.41) is 0. The minimum Gasteiger partial charge on any atom is -0.372 e. The maximum atomic E-state index is 13.0. The van der Waals surface area contributed by atoms with Gasteiger partial charge in [0.1, 0.15) is 5.82 Å². The van der Waals surface area contributed by atoms with E-state index < -0.39 is 0 Å². The topological polar surface area (TPSA) is 45.7 Å². The number of anilines is 1. The first-order valence-electron chi connectivity index (χ1n) is 8.30. The van der Waals surface area contributed by atoms with E-state index in [4.69, 9.17) is 4.74 Å². The number of piperidine rings is 1. The minimum atomic E-state index is 0.0793. The molecular weight excluding hydrogens is 278 g/mol. The molecule has 0 aliphatic carbocycles. The van der Waals surface area contributed by atoms with Gasteiger partial charge in [-0.25, -0.2) is 4.98 Å². The second-order valence-electron chi connectivity index (χ2n) is 6.39. The normalized spacial score (nSPS) is 26.1. The number of ether oxygens (including phenoxy) is 1. The van der Waals surface area contributed by atoms with Gasteiger partial charge in [0, 0.05) is 32.4 Å². The average Bonchev–Trinajstić information content (AvgIpc) is 2.54. The third-order valence-electron chi connectivity index (χ3n) is 4.38. The fourth-order valence-electron chi connectivity index (χ4n) is 3.44. The summed E-state index contributed by atoms with van der Waals surface area (Å²) in [5.41, 5.74) is 0.728. The Kier molecular flexibility index (Phi) is 4.62. The molecule has 5 heteroatoms. The van der Waals surface area contributed by atoms with Crippen molar-refractivity contribution in [3.05, 3.63) is 23.9 Å². The Morgan fingerprint density at radius 1 is 1.18 bits per heavy atom. The lowest BCUT2D eigenvalue weighted by molar-refractivity contribution is -0.0586. The van der Waals surface area contributed by atoms with Crippen LogP contribution in [0.2, 0.25) is 0 Å². The van der Waals surface area contributed by atoms with Gasteiger partial charge in [-0.05, 0) is 45.2 Å². The van der Waals surface area contributed by atoms with E-state index in [2.05, 4.69) is 9.88 Å². The molecule has 2 aliphatic heterocycles. The molecule has 0 bridgehead atoms. The Labute approximate surface area is 132 Å². The predicted molar refractivity (Wildman–Crippen MR) is 86.2 cm³/mol. The molecule has 1 aromatic rings. The van der Waals surface area contributed by atoms with Gasteiger partial charge >= 0.3 is 0 Å². The van der Waals surface area contributed by atoms with Crippen LogP contribution in [0.5, 0.6) is 0 Å². The van der Waals surface area contributed by atoms with Gasteiger partial charge in [0.15, 0.2) is 0 Å². The van der Waals surface area contributed by atoms with Crippen molar-refractivity contribution in [3.8, 4) is 0 Å². The van der Waals surface area contributed by atoms with E-state index in [1.54, 1.807) is 6.20 Å². The van der Waals surface area contributed by atoms with Crippen molar-refractivity contribution in [3.63, 3.8) is 0 Å². The summed E-state index contributed by atoms with van der Waals surface area (Å²) in [5.74, 6) is 0.926.